The highest BCUT2D eigenvalue weighted by Crippen LogP contribution is 2.19. The fraction of sp³-hybridized carbons (Fsp3) is 0.632. The van der Waals surface area contributed by atoms with Gasteiger partial charge in [0, 0.05) is 44.8 Å². The molecule has 0 aliphatic carbocycles. The first kappa shape index (κ1) is 20.9. The van der Waals surface area contributed by atoms with Gasteiger partial charge in [-0.3, -0.25) is 4.79 Å². The topological polar surface area (TPSA) is 60.9 Å². The number of carbonyl (C=O) groups excluding carboxylic acids is 1. The number of piperazine rings is 1. The van der Waals surface area contributed by atoms with E-state index in [1.807, 2.05) is 18.7 Å². The molecule has 146 valence electrons. The third-order valence-corrected chi connectivity index (χ3v) is 6.70. The smallest absolute Gasteiger partial charge is 0.253 e. The zero-order chi connectivity index (χ0) is 19.2. The zero-order valence-electron chi connectivity index (χ0n) is 16.1. The first-order valence-corrected chi connectivity index (χ1v) is 11.0. The number of nitrogens with zero attached hydrogens (tertiary/aromatic N) is 3. The van der Waals surface area contributed by atoms with Crippen LogP contribution in [0.15, 0.2) is 29.2 Å². The zero-order valence-corrected chi connectivity index (χ0v) is 17.0. The van der Waals surface area contributed by atoms with E-state index >= 15 is 0 Å². The van der Waals surface area contributed by atoms with Gasteiger partial charge in [0.15, 0.2) is 0 Å². The van der Waals surface area contributed by atoms with Gasteiger partial charge in [0.25, 0.3) is 5.91 Å². The van der Waals surface area contributed by atoms with Gasteiger partial charge in [0.1, 0.15) is 0 Å². The van der Waals surface area contributed by atoms with E-state index in [0.717, 1.165) is 32.5 Å². The lowest BCUT2D eigenvalue weighted by Crippen LogP contribution is -2.48. The fourth-order valence-electron chi connectivity index (χ4n) is 3.24. The Labute approximate surface area is 157 Å². The quantitative estimate of drug-likeness (QED) is 0.693. The maximum Gasteiger partial charge on any atom is 0.253 e. The van der Waals surface area contributed by atoms with Crippen molar-refractivity contribution < 1.29 is 13.2 Å². The van der Waals surface area contributed by atoms with E-state index in [1.165, 1.54) is 4.31 Å². The van der Waals surface area contributed by atoms with Crippen LogP contribution in [0.1, 0.15) is 44.0 Å². The molecule has 7 heteroatoms. The first-order chi connectivity index (χ1) is 12.4. The average Bonchev–Trinajstić information content (AvgIpc) is 2.67. The van der Waals surface area contributed by atoms with Crippen molar-refractivity contribution in [3.05, 3.63) is 29.8 Å². The molecule has 26 heavy (non-hydrogen) atoms. The second kappa shape index (κ2) is 9.48. The Balaban J connectivity index is 2.11. The first-order valence-electron chi connectivity index (χ1n) is 9.55. The molecule has 1 fully saturated rings. The number of likely N-dealkylation sites (N-methyl/N-ethyl adjacent to an activating group) is 1. The number of benzene rings is 1. The van der Waals surface area contributed by atoms with Crippen LogP contribution in [0.2, 0.25) is 0 Å². The van der Waals surface area contributed by atoms with Gasteiger partial charge in [0.2, 0.25) is 10.0 Å². The van der Waals surface area contributed by atoms with Crippen LogP contribution in [0, 0.1) is 0 Å². The van der Waals surface area contributed by atoms with Gasteiger partial charge in [-0.15, -0.1) is 0 Å². The maximum absolute atomic E-state index is 12.8. The van der Waals surface area contributed by atoms with Crippen LogP contribution < -0.4 is 0 Å². The van der Waals surface area contributed by atoms with Crippen LogP contribution in [-0.4, -0.2) is 74.2 Å². The molecule has 2 rings (SSSR count). The van der Waals surface area contributed by atoms with E-state index in [9.17, 15) is 13.2 Å². The van der Waals surface area contributed by atoms with Gasteiger partial charge in [-0.25, -0.2) is 8.42 Å². The molecule has 1 aromatic carbocycles. The third kappa shape index (κ3) is 4.84. The Morgan fingerprint density at radius 1 is 0.962 bits per heavy atom. The molecular weight excluding hydrogens is 350 g/mol. The highest BCUT2D eigenvalue weighted by atomic mass is 32.2. The Morgan fingerprint density at radius 2 is 1.50 bits per heavy atom. The van der Waals surface area contributed by atoms with E-state index < -0.39 is 10.0 Å². The molecule has 0 saturated carbocycles. The van der Waals surface area contributed by atoms with Gasteiger partial charge in [-0.1, -0.05) is 20.8 Å². The van der Waals surface area contributed by atoms with Gasteiger partial charge in [-0.05, 0) is 43.7 Å². The summed E-state index contributed by atoms with van der Waals surface area (Å²) in [5.74, 6) is -0.0331. The minimum absolute atomic E-state index is 0.0331. The molecule has 1 aliphatic heterocycles. The second-order valence-corrected chi connectivity index (χ2v) is 8.59. The number of carbonyl (C=O) groups is 1. The summed E-state index contributed by atoms with van der Waals surface area (Å²) in [6.07, 6.45) is 1.81. The molecule has 1 aliphatic rings. The molecule has 0 spiro atoms. The molecule has 1 heterocycles. The molecule has 0 atom stereocenters. The summed E-state index contributed by atoms with van der Waals surface area (Å²) in [5.41, 5.74) is 0.543. The van der Waals surface area contributed by atoms with Crippen LogP contribution in [-0.2, 0) is 10.0 Å². The molecule has 0 bridgehead atoms. The summed E-state index contributed by atoms with van der Waals surface area (Å²) in [6.45, 7) is 11.1. The van der Waals surface area contributed by atoms with Crippen LogP contribution in [0.3, 0.4) is 0 Å². The van der Waals surface area contributed by atoms with Gasteiger partial charge in [0.05, 0.1) is 4.90 Å². The summed E-state index contributed by atoms with van der Waals surface area (Å²) in [5, 5.41) is 0. The summed E-state index contributed by atoms with van der Waals surface area (Å²) >= 11 is 0. The highest BCUT2D eigenvalue weighted by Gasteiger charge is 2.28. The molecule has 6 nitrogen and oxygen atoms in total. The fourth-order valence-corrected chi connectivity index (χ4v) is 4.66. The Bertz CT molecular complexity index is 674. The SMILES string of the molecule is CCCN(CCC)C(=O)c1ccc(S(=O)(=O)N2CCN(CC)CC2)cc1. The normalized spacial score (nSPS) is 16.6. The summed E-state index contributed by atoms with van der Waals surface area (Å²) in [7, 11) is -3.50. The molecule has 1 amide bonds. The number of hydrogen-bond acceptors (Lipinski definition) is 4. The monoisotopic (exact) mass is 381 g/mol. The average molecular weight is 382 g/mol. The molecule has 1 aromatic rings. The molecular formula is C19H31N3O3S. The lowest BCUT2D eigenvalue weighted by Gasteiger charge is -2.33. The van der Waals surface area contributed by atoms with Crippen molar-refractivity contribution >= 4 is 15.9 Å². The summed E-state index contributed by atoms with van der Waals surface area (Å²) in [4.78, 5) is 16.9. The van der Waals surface area contributed by atoms with Crippen LogP contribution >= 0.6 is 0 Å². The highest BCUT2D eigenvalue weighted by molar-refractivity contribution is 7.89. The molecule has 0 aromatic heterocycles. The van der Waals surface area contributed by atoms with E-state index in [0.29, 0.717) is 31.7 Å². The van der Waals surface area contributed by atoms with Crippen molar-refractivity contribution in [1.29, 1.82) is 0 Å². The standard InChI is InChI=1S/C19H31N3O3S/c1-4-11-21(12-5-2)19(23)17-7-9-18(10-8-17)26(24,25)22-15-13-20(6-3)14-16-22/h7-10H,4-6,11-16H2,1-3H3. The second-order valence-electron chi connectivity index (χ2n) is 6.65. The maximum atomic E-state index is 12.8. The summed E-state index contributed by atoms with van der Waals surface area (Å²) in [6, 6.07) is 6.39. The van der Waals surface area contributed by atoms with E-state index in [-0.39, 0.29) is 10.8 Å². The Morgan fingerprint density at radius 3 is 1.96 bits per heavy atom. The van der Waals surface area contributed by atoms with Crippen LogP contribution in [0.5, 0.6) is 0 Å². The minimum Gasteiger partial charge on any atom is -0.339 e. The van der Waals surface area contributed by atoms with Crippen molar-refractivity contribution in [1.82, 2.24) is 14.1 Å². The van der Waals surface area contributed by atoms with Crippen molar-refractivity contribution in [3.63, 3.8) is 0 Å². The van der Waals surface area contributed by atoms with E-state index in [1.54, 1.807) is 24.3 Å². The van der Waals surface area contributed by atoms with Gasteiger partial charge < -0.3 is 9.80 Å². The Kier molecular flexibility index (Phi) is 7.61. The predicted octanol–water partition coefficient (Wildman–Crippen LogP) is 2.28. The number of rotatable bonds is 8. The number of hydrogen-bond donors (Lipinski definition) is 0. The number of sulfonamides is 1. The summed E-state index contributed by atoms with van der Waals surface area (Å²) < 4.78 is 27.2. The third-order valence-electron chi connectivity index (χ3n) is 4.79. The van der Waals surface area contributed by atoms with Gasteiger partial charge in [-0.2, -0.15) is 4.31 Å². The van der Waals surface area contributed by atoms with Gasteiger partial charge >= 0.3 is 0 Å². The van der Waals surface area contributed by atoms with Crippen molar-refractivity contribution in [3.8, 4) is 0 Å². The van der Waals surface area contributed by atoms with Crippen molar-refractivity contribution in [2.75, 3.05) is 45.8 Å². The minimum atomic E-state index is -3.50. The number of amides is 1. The molecule has 1 saturated heterocycles. The lowest BCUT2D eigenvalue weighted by atomic mass is 10.2. The predicted molar refractivity (Wildman–Crippen MR) is 104 cm³/mol. The largest absolute Gasteiger partial charge is 0.339 e. The van der Waals surface area contributed by atoms with Crippen molar-refractivity contribution in [2.24, 2.45) is 0 Å². The van der Waals surface area contributed by atoms with Crippen molar-refractivity contribution in [2.45, 2.75) is 38.5 Å². The van der Waals surface area contributed by atoms with E-state index in [2.05, 4.69) is 11.8 Å². The molecule has 0 radical (unpaired) electrons. The Hall–Kier alpha value is -1.44. The van der Waals surface area contributed by atoms with Crippen LogP contribution in [0.4, 0.5) is 0 Å². The van der Waals surface area contributed by atoms with E-state index in [4.69, 9.17) is 0 Å². The molecule has 0 N–H and O–H groups in total. The lowest BCUT2D eigenvalue weighted by molar-refractivity contribution is 0.0755. The molecule has 0 unspecified atom stereocenters. The van der Waals surface area contributed by atoms with Crippen LogP contribution in [0.25, 0.3) is 0 Å².